The maximum Gasteiger partial charge on any atom is 0.323 e. The Labute approximate surface area is 115 Å². The number of esters is 1. The first-order chi connectivity index (χ1) is 9.56. The fourth-order valence-corrected chi connectivity index (χ4v) is 2.01. The van der Waals surface area contributed by atoms with Crippen molar-refractivity contribution >= 4 is 11.7 Å². The third-order valence-corrected chi connectivity index (χ3v) is 3.20. The van der Waals surface area contributed by atoms with Crippen molar-refractivity contribution in [2.45, 2.75) is 31.6 Å². The largest absolute Gasteiger partial charge is 0.460 e. The van der Waals surface area contributed by atoms with Crippen molar-refractivity contribution in [1.82, 2.24) is 5.32 Å². The number of hydrogen-bond acceptors (Lipinski definition) is 6. The van der Waals surface area contributed by atoms with Crippen LogP contribution in [0.1, 0.15) is 18.4 Å². The highest BCUT2D eigenvalue weighted by molar-refractivity contribution is 5.75. The number of carbonyl (C=O) groups is 1. The first-order valence-corrected chi connectivity index (χ1v) is 6.37. The molecule has 1 fully saturated rings. The van der Waals surface area contributed by atoms with Gasteiger partial charge in [0, 0.05) is 18.7 Å². The number of carbonyl (C=O) groups excluding carboxylic acids is 1. The average molecular weight is 280 g/mol. The van der Waals surface area contributed by atoms with E-state index in [2.05, 4.69) is 5.32 Å². The summed E-state index contributed by atoms with van der Waals surface area (Å²) in [6.07, 6.45) is 0.707. The number of nitrogens with zero attached hydrogens (tertiary/aromatic N) is 1. The molecule has 2 rings (SSSR count). The predicted molar refractivity (Wildman–Crippen MR) is 69.9 cm³/mol. The van der Waals surface area contributed by atoms with Crippen molar-refractivity contribution in [3.63, 3.8) is 0 Å². The average Bonchev–Trinajstić information content (AvgIpc) is 2.46. The summed E-state index contributed by atoms with van der Waals surface area (Å²) in [6, 6.07) is 5.47. The molecule has 1 saturated heterocycles. The molecule has 1 heterocycles. The second-order valence-electron chi connectivity index (χ2n) is 4.72. The number of nitro groups is 1. The van der Waals surface area contributed by atoms with Gasteiger partial charge < -0.3 is 15.2 Å². The van der Waals surface area contributed by atoms with Gasteiger partial charge in [-0.25, -0.2) is 0 Å². The number of nitro benzene ring substituents is 1. The van der Waals surface area contributed by atoms with Crippen LogP contribution in [0.15, 0.2) is 24.3 Å². The van der Waals surface area contributed by atoms with Gasteiger partial charge in [0.25, 0.3) is 5.69 Å². The number of ether oxygens (including phenoxy) is 1. The van der Waals surface area contributed by atoms with Crippen LogP contribution in [-0.2, 0) is 16.1 Å². The fraction of sp³-hybridized carbons (Fsp3) is 0.462. The molecule has 1 aromatic rings. The van der Waals surface area contributed by atoms with E-state index in [1.807, 2.05) is 0 Å². The van der Waals surface area contributed by atoms with Crippen LogP contribution in [0.5, 0.6) is 0 Å². The summed E-state index contributed by atoms with van der Waals surface area (Å²) in [6.45, 7) is 0.467. The normalized spacial score (nSPS) is 22.2. The molecule has 0 saturated carbocycles. The number of aliphatic hydroxyl groups is 1. The molecule has 7 heteroatoms. The summed E-state index contributed by atoms with van der Waals surface area (Å²) in [5.74, 6) is -0.366. The summed E-state index contributed by atoms with van der Waals surface area (Å²) in [5, 5.41) is 22.7. The maximum atomic E-state index is 11.8. The van der Waals surface area contributed by atoms with Gasteiger partial charge in [-0.2, -0.15) is 0 Å². The van der Waals surface area contributed by atoms with Gasteiger partial charge in [0.1, 0.15) is 12.6 Å². The third kappa shape index (κ3) is 3.75. The van der Waals surface area contributed by atoms with E-state index in [1.165, 1.54) is 12.1 Å². The highest BCUT2D eigenvalue weighted by atomic mass is 16.6. The Kier molecular flexibility index (Phi) is 4.65. The van der Waals surface area contributed by atoms with E-state index in [0.29, 0.717) is 24.9 Å². The van der Waals surface area contributed by atoms with Crippen molar-refractivity contribution in [3.05, 3.63) is 39.9 Å². The first kappa shape index (κ1) is 14.4. The molecule has 108 valence electrons. The van der Waals surface area contributed by atoms with Gasteiger partial charge in [-0.3, -0.25) is 14.9 Å². The fourth-order valence-electron chi connectivity index (χ4n) is 2.01. The van der Waals surface area contributed by atoms with Crippen LogP contribution in [0.3, 0.4) is 0 Å². The smallest absolute Gasteiger partial charge is 0.323 e. The Morgan fingerprint density at radius 1 is 1.40 bits per heavy atom. The van der Waals surface area contributed by atoms with Gasteiger partial charge in [-0.05, 0) is 30.5 Å². The molecule has 0 aliphatic carbocycles. The highest BCUT2D eigenvalue weighted by Gasteiger charge is 2.25. The van der Waals surface area contributed by atoms with E-state index in [0.717, 1.165) is 0 Å². The second-order valence-corrected chi connectivity index (χ2v) is 4.72. The molecule has 0 amide bonds. The molecule has 0 radical (unpaired) electrons. The molecular formula is C13H16N2O5. The zero-order valence-corrected chi connectivity index (χ0v) is 10.8. The van der Waals surface area contributed by atoms with Crippen LogP contribution in [0.2, 0.25) is 0 Å². The zero-order valence-electron chi connectivity index (χ0n) is 10.8. The molecule has 2 N–H and O–H groups in total. The summed E-state index contributed by atoms with van der Waals surface area (Å²) < 4.78 is 5.15. The van der Waals surface area contributed by atoms with Gasteiger partial charge in [0.05, 0.1) is 11.0 Å². The molecule has 20 heavy (non-hydrogen) atoms. The van der Waals surface area contributed by atoms with Crippen LogP contribution < -0.4 is 5.32 Å². The van der Waals surface area contributed by atoms with Gasteiger partial charge in [-0.1, -0.05) is 0 Å². The minimum Gasteiger partial charge on any atom is -0.460 e. The van der Waals surface area contributed by atoms with Gasteiger partial charge in [0.2, 0.25) is 0 Å². The highest BCUT2D eigenvalue weighted by Crippen LogP contribution is 2.14. The lowest BCUT2D eigenvalue weighted by atomic mass is 10.0. The predicted octanol–water partition coefficient (Wildman–Crippen LogP) is 0.751. The summed E-state index contributed by atoms with van der Waals surface area (Å²) in [5.41, 5.74) is 0.697. The van der Waals surface area contributed by atoms with E-state index in [1.54, 1.807) is 12.1 Å². The molecule has 1 aliphatic heterocycles. The summed E-state index contributed by atoms with van der Waals surface area (Å²) >= 11 is 0. The van der Waals surface area contributed by atoms with E-state index in [9.17, 15) is 20.0 Å². The van der Waals surface area contributed by atoms with Crippen LogP contribution >= 0.6 is 0 Å². The lowest BCUT2D eigenvalue weighted by Crippen LogP contribution is -2.46. The van der Waals surface area contributed by atoms with Crippen molar-refractivity contribution in [3.8, 4) is 0 Å². The number of non-ortho nitro benzene ring substituents is 1. The van der Waals surface area contributed by atoms with Gasteiger partial charge in [0.15, 0.2) is 0 Å². The van der Waals surface area contributed by atoms with Crippen LogP contribution in [0, 0.1) is 10.1 Å². The van der Waals surface area contributed by atoms with Crippen molar-refractivity contribution < 1.29 is 19.6 Å². The van der Waals surface area contributed by atoms with E-state index < -0.39 is 17.1 Å². The molecule has 0 unspecified atom stereocenters. The quantitative estimate of drug-likeness (QED) is 0.479. The molecular weight excluding hydrogens is 264 g/mol. The summed E-state index contributed by atoms with van der Waals surface area (Å²) in [7, 11) is 0. The molecule has 7 nitrogen and oxygen atoms in total. The molecule has 1 aromatic carbocycles. The number of rotatable bonds is 4. The van der Waals surface area contributed by atoms with Crippen LogP contribution in [-0.4, -0.2) is 34.7 Å². The van der Waals surface area contributed by atoms with Crippen molar-refractivity contribution in [2.75, 3.05) is 6.54 Å². The molecule has 0 spiro atoms. The second kappa shape index (κ2) is 6.44. The monoisotopic (exact) mass is 280 g/mol. The molecule has 0 aromatic heterocycles. The number of benzene rings is 1. The van der Waals surface area contributed by atoms with Crippen LogP contribution in [0.4, 0.5) is 5.69 Å². The molecule has 0 bridgehead atoms. The van der Waals surface area contributed by atoms with Gasteiger partial charge >= 0.3 is 5.97 Å². The minimum atomic E-state index is -0.479. The molecule has 2 atom stereocenters. The SMILES string of the molecule is O=C(OCc1ccc([N+](=O)[O-])cc1)[C@@H]1CC[C@H](O)CN1. The first-order valence-electron chi connectivity index (χ1n) is 6.37. The molecule has 1 aliphatic rings. The number of aliphatic hydroxyl groups excluding tert-OH is 1. The minimum absolute atomic E-state index is 0.00279. The topological polar surface area (TPSA) is 102 Å². The van der Waals surface area contributed by atoms with E-state index in [-0.39, 0.29) is 18.3 Å². The van der Waals surface area contributed by atoms with Crippen LogP contribution in [0.25, 0.3) is 0 Å². The Morgan fingerprint density at radius 2 is 2.10 bits per heavy atom. The number of piperidine rings is 1. The standard InChI is InChI=1S/C13H16N2O5/c16-11-5-6-12(14-7-11)13(17)20-8-9-1-3-10(4-2-9)15(18)19/h1-4,11-12,14,16H,5-8H2/t11-,12-/m0/s1. The Balaban J connectivity index is 1.82. The lowest BCUT2D eigenvalue weighted by molar-refractivity contribution is -0.384. The maximum absolute atomic E-state index is 11.8. The number of hydrogen-bond donors (Lipinski definition) is 2. The Bertz CT molecular complexity index is 480. The van der Waals surface area contributed by atoms with E-state index >= 15 is 0 Å². The number of β-amino-alcohol motifs (C(OH)–C–C–N with tert-alkyl or cyclic N) is 1. The van der Waals surface area contributed by atoms with E-state index in [4.69, 9.17) is 4.74 Å². The van der Waals surface area contributed by atoms with Crippen molar-refractivity contribution in [2.24, 2.45) is 0 Å². The number of nitrogens with one attached hydrogen (secondary N) is 1. The third-order valence-electron chi connectivity index (χ3n) is 3.20. The Hall–Kier alpha value is -1.99. The van der Waals surface area contributed by atoms with Crippen molar-refractivity contribution in [1.29, 1.82) is 0 Å². The van der Waals surface area contributed by atoms with Gasteiger partial charge in [-0.15, -0.1) is 0 Å². The zero-order chi connectivity index (χ0) is 14.5. The lowest BCUT2D eigenvalue weighted by Gasteiger charge is -2.25. The summed E-state index contributed by atoms with van der Waals surface area (Å²) in [4.78, 5) is 21.8. The Morgan fingerprint density at radius 3 is 2.65 bits per heavy atom.